The molecule has 8 nitrogen and oxygen atoms in total. The lowest BCUT2D eigenvalue weighted by Crippen LogP contribution is -2.19. The van der Waals surface area contributed by atoms with Crippen molar-refractivity contribution in [1.29, 1.82) is 0 Å². The molecule has 0 aliphatic rings. The van der Waals surface area contributed by atoms with Crippen LogP contribution in [0.25, 0.3) is 32.7 Å². The van der Waals surface area contributed by atoms with E-state index in [1.807, 2.05) is 0 Å². The number of phosphoric acid groups is 2. The molecule has 0 fully saturated rings. The van der Waals surface area contributed by atoms with E-state index in [0.29, 0.717) is 21.5 Å². The van der Waals surface area contributed by atoms with Crippen LogP contribution in [0.2, 0.25) is 0 Å². The third-order valence-corrected chi connectivity index (χ3v) is 5.31. The number of hydrogen-bond acceptors (Lipinski definition) is 6. The molecular formula is C20H14O8P2-2. The average molecular weight is 444 g/mol. The Morgan fingerprint density at radius 2 is 1.07 bits per heavy atom. The minimum atomic E-state index is -5.42. The maximum atomic E-state index is 11.6. The smallest absolute Gasteiger partial charge is 0.524 e. The minimum Gasteiger partial charge on any atom is -0.780 e. The summed E-state index contributed by atoms with van der Waals surface area (Å²) in [6.07, 6.45) is 0. The molecule has 0 aliphatic carbocycles. The lowest BCUT2D eigenvalue weighted by Gasteiger charge is -2.31. The van der Waals surface area contributed by atoms with Crippen LogP contribution in [0, 0.1) is 0 Å². The standard InChI is InChI=1S/C20H16O8P2/c21-29(22,23)27-17-11-9-13-5-1-3-7-15(13)19(17)20-16-8-4-2-6-14(16)10-12-18(20)28-30(24,25)26/h1-12H,(H2,21,22,23)(H2,24,25,26)/p-2. The van der Waals surface area contributed by atoms with Gasteiger partial charge in [-0.05, 0) is 33.7 Å². The normalized spacial score (nSPS) is 12.3. The van der Waals surface area contributed by atoms with E-state index >= 15 is 0 Å². The van der Waals surface area contributed by atoms with Gasteiger partial charge in [-0.25, -0.2) is 4.57 Å². The molecule has 154 valence electrons. The zero-order chi connectivity index (χ0) is 21.5. The lowest BCUT2D eigenvalue weighted by atomic mass is 9.92. The van der Waals surface area contributed by atoms with E-state index in [0.717, 1.165) is 0 Å². The Labute approximate surface area is 170 Å². The van der Waals surface area contributed by atoms with Crippen molar-refractivity contribution >= 4 is 37.2 Å². The first-order valence-corrected chi connectivity index (χ1v) is 11.6. The van der Waals surface area contributed by atoms with Crippen molar-refractivity contribution in [2.45, 2.75) is 0 Å². The molecule has 0 aromatic heterocycles. The molecule has 10 heteroatoms. The van der Waals surface area contributed by atoms with Crippen LogP contribution in [0.3, 0.4) is 0 Å². The van der Waals surface area contributed by atoms with E-state index in [9.17, 15) is 28.7 Å². The molecule has 4 aromatic carbocycles. The van der Waals surface area contributed by atoms with E-state index in [1.54, 1.807) is 60.7 Å². The first kappa shape index (κ1) is 20.6. The molecule has 0 saturated carbocycles. The molecular weight excluding hydrogens is 430 g/mol. The summed E-state index contributed by atoms with van der Waals surface area (Å²) in [6, 6.07) is 19.8. The number of benzene rings is 4. The van der Waals surface area contributed by atoms with Gasteiger partial charge in [0.05, 0.1) is 0 Å². The Kier molecular flexibility index (Phi) is 5.16. The second-order valence-corrected chi connectivity index (χ2v) is 8.68. The van der Waals surface area contributed by atoms with Crippen molar-refractivity contribution in [2.24, 2.45) is 0 Å². The molecule has 0 bridgehead atoms. The number of fused-ring (bicyclic) bond motifs is 2. The molecule has 0 aliphatic heterocycles. The van der Waals surface area contributed by atoms with Gasteiger partial charge >= 0.3 is 7.82 Å². The Balaban J connectivity index is 2.16. The van der Waals surface area contributed by atoms with Crippen LogP contribution < -0.4 is 18.8 Å². The molecule has 0 spiro atoms. The first-order chi connectivity index (χ1) is 14.1. The largest absolute Gasteiger partial charge is 0.780 e. The van der Waals surface area contributed by atoms with E-state index in [4.69, 9.17) is 9.05 Å². The summed E-state index contributed by atoms with van der Waals surface area (Å²) >= 11 is 0. The quantitative estimate of drug-likeness (QED) is 0.447. The fraction of sp³-hybridized carbons (Fsp3) is 0. The van der Waals surface area contributed by atoms with Gasteiger partial charge in [0.1, 0.15) is 19.3 Å². The van der Waals surface area contributed by atoms with E-state index in [-0.39, 0.29) is 22.6 Å². The topological polar surface area (TPSA) is 139 Å². The number of phosphoric ester groups is 2. The van der Waals surface area contributed by atoms with Crippen molar-refractivity contribution in [3.05, 3.63) is 72.8 Å². The fourth-order valence-electron chi connectivity index (χ4n) is 3.42. The van der Waals surface area contributed by atoms with Gasteiger partial charge < -0.3 is 23.4 Å². The highest BCUT2D eigenvalue weighted by Gasteiger charge is 2.24. The summed E-state index contributed by atoms with van der Waals surface area (Å²) in [4.78, 5) is 41.6. The lowest BCUT2D eigenvalue weighted by molar-refractivity contribution is -0.333. The Hall–Kier alpha value is -2.70. The molecule has 0 atom stereocenters. The van der Waals surface area contributed by atoms with Crippen molar-refractivity contribution in [3.63, 3.8) is 0 Å². The summed E-state index contributed by atoms with van der Waals surface area (Å²) in [5.74, 6) is -0.455. The predicted octanol–water partition coefficient (Wildman–Crippen LogP) is 3.34. The van der Waals surface area contributed by atoms with Gasteiger partial charge in [0.25, 0.3) is 0 Å². The molecule has 4 rings (SSSR count). The second kappa shape index (κ2) is 7.52. The van der Waals surface area contributed by atoms with Crippen LogP contribution in [-0.2, 0) is 9.13 Å². The van der Waals surface area contributed by atoms with Gasteiger partial charge in [0, 0.05) is 11.1 Å². The summed E-state index contributed by atoms with van der Waals surface area (Å²) in [6.45, 7) is 0. The molecule has 4 aromatic rings. The van der Waals surface area contributed by atoms with Crippen molar-refractivity contribution in [2.75, 3.05) is 0 Å². The van der Waals surface area contributed by atoms with Crippen LogP contribution >= 0.6 is 15.6 Å². The van der Waals surface area contributed by atoms with Crippen LogP contribution in [0.4, 0.5) is 0 Å². The van der Waals surface area contributed by atoms with Gasteiger partial charge in [0.15, 0.2) is 0 Å². The Morgan fingerprint density at radius 1 is 0.633 bits per heavy atom. The number of rotatable bonds is 5. The zero-order valence-electron chi connectivity index (χ0n) is 15.2. The van der Waals surface area contributed by atoms with Crippen molar-refractivity contribution in [3.8, 4) is 22.6 Å². The van der Waals surface area contributed by atoms with E-state index in [2.05, 4.69) is 0 Å². The van der Waals surface area contributed by atoms with Crippen LogP contribution in [-0.4, -0.2) is 9.79 Å². The summed E-state index contributed by atoms with van der Waals surface area (Å²) in [7, 11) is -10.4. The van der Waals surface area contributed by atoms with Gasteiger partial charge in [-0.1, -0.05) is 60.7 Å². The Morgan fingerprint density at radius 3 is 1.50 bits per heavy atom. The van der Waals surface area contributed by atoms with Gasteiger partial charge in [-0.15, -0.1) is 0 Å². The third-order valence-electron chi connectivity index (χ3n) is 4.46. The number of hydrogen-bond donors (Lipinski definition) is 2. The molecule has 30 heavy (non-hydrogen) atoms. The highest BCUT2D eigenvalue weighted by atomic mass is 31.2. The molecule has 2 N–H and O–H groups in total. The third kappa shape index (κ3) is 4.25. The maximum absolute atomic E-state index is 11.6. The Bertz CT molecular complexity index is 1250. The molecule has 0 radical (unpaired) electrons. The minimum absolute atomic E-state index is 0.167. The summed E-state index contributed by atoms with van der Waals surface area (Å²) in [5.41, 5.74) is 0.358. The van der Waals surface area contributed by atoms with Crippen molar-refractivity contribution in [1.82, 2.24) is 0 Å². The average Bonchev–Trinajstić information content (AvgIpc) is 2.66. The van der Waals surface area contributed by atoms with Crippen LogP contribution in [0.1, 0.15) is 0 Å². The summed E-state index contributed by atoms with van der Waals surface area (Å²) in [5, 5.41) is 2.44. The fourth-order valence-corrected chi connectivity index (χ4v) is 4.22. The molecule has 0 amide bonds. The molecule has 0 heterocycles. The van der Waals surface area contributed by atoms with Crippen LogP contribution in [0.15, 0.2) is 72.8 Å². The van der Waals surface area contributed by atoms with Gasteiger partial charge in [-0.3, -0.25) is 9.79 Å². The SMILES string of the molecule is O=P([O-])([O-])Oc1ccc2ccccc2c1-c1c(OP(=O)(O)O)ccc2ccccc12. The van der Waals surface area contributed by atoms with Crippen LogP contribution in [0.5, 0.6) is 11.5 Å². The highest BCUT2D eigenvalue weighted by molar-refractivity contribution is 7.46. The first-order valence-electron chi connectivity index (χ1n) is 8.63. The maximum Gasteiger partial charge on any atom is 0.524 e. The monoisotopic (exact) mass is 444 g/mol. The predicted molar refractivity (Wildman–Crippen MR) is 108 cm³/mol. The van der Waals surface area contributed by atoms with Gasteiger partial charge in [0.2, 0.25) is 0 Å². The van der Waals surface area contributed by atoms with E-state index in [1.165, 1.54) is 12.1 Å². The summed E-state index contributed by atoms with van der Waals surface area (Å²) < 4.78 is 32.6. The van der Waals surface area contributed by atoms with Gasteiger partial charge in [-0.2, -0.15) is 0 Å². The second-order valence-electron chi connectivity index (χ2n) is 6.44. The highest BCUT2D eigenvalue weighted by Crippen LogP contribution is 2.50. The van der Waals surface area contributed by atoms with E-state index < -0.39 is 15.6 Å². The van der Waals surface area contributed by atoms with Crippen molar-refractivity contribution < 1.29 is 37.8 Å². The molecule has 0 unspecified atom stereocenters. The molecule has 0 saturated heterocycles. The zero-order valence-corrected chi connectivity index (χ0v) is 17.0.